The molecule has 0 saturated heterocycles. The summed E-state index contributed by atoms with van der Waals surface area (Å²) in [6.07, 6.45) is 10.2. The Bertz CT molecular complexity index is 685. The highest BCUT2D eigenvalue weighted by atomic mass is 32.1. The van der Waals surface area contributed by atoms with Gasteiger partial charge >= 0.3 is 0 Å². The lowest BCUT2D eigenvalue weighted by molar-refractivity contribution is 0.119. The molecule has 0 aliphatic heterocycles. The molecule has 23 heavy (non-hydrogen) atoms. The van der Waals surface area contributed by atoms with Gasteiger partial charge in [-0.3, -0.25) is 9.88 Å². The van der Waals surface area contributed by atoms with Crippen molar-refractivity contribution in [1.82, 2.24) is 24.2 Å². The summed E-state index contributed by atoms with van der Waals surface area (Å²) in [4.78, 5) is 6.59. The predicted molar refractivity (Wildman–Crippen MR) is 94.5 cm³/mol. The Hall–Kier alpha value is -1.53. The van der Waals surface area contributed by atoms with Crippen LogP contribution in [-0.2, 0) is 13.7 Å². The van der Waals surface area contributed by atoms with Crippen molar-refractivity contribution in [2.75, 3.05) is 6.54 Å². The molecule has 3 rings (SSSR count). The Labute approximate surface area is 143 Å². The number of aromatic nitrogens is 4. The Balaban J connectivity index is 1.84. The fourth-order valence-electron chi connectivity index (χ4n) is 3.42. The summed E-state index contributed by atoms with van der Waals surface area (Å²) in [5.74, 6) is 0.900. The van der Waals surface area contributed by atoms with Gasteiger partial charge in [-0.2, -0.15) is 5.10 Å². The zero-order chi connectivity index (χ0) is 16.2. The van der Waals surface area contributed by atoms with Gasteiger partial charge < -0.3 is 4.57 Å². The smallest absolute Gasteiger partial charge is 0.199 e. The van der Waals surface area contributed by atoms with E-state index < -0.39 is 0 Å². The Morgan fingerprint density at radius 3 is 2.57 bits per heavy atom. The monoisotopic (exact) mass is 331 g/mol. The van der Waals surface area contributed by atoms with Gasteiger partial charge in [0.1, 0.15) is 0 Å². The molecule has 2 aromatic rings. The maximum atomic E-state index is 5.60. The second kappa shape index (κ2) is 7.36. The lowest BCUT2D eigenvalue weighted by Crippen LogP contribution is -2.38. The van der Waals surface area contributed by atoms with Crippen LogP contribution >= 0.6 is 12.2 Å². The van der Waals surface area contributed by atoms with E-state index in [1.807, 2.05) is 28.4 Å². The van der Waals surface area contributed by atoms with Crippen LogP contribution in [0.1, 0.15) is 39.0 Å². The minimum Gasteiger partial charge on any atom is -0.303 e. The molecule has 2 heterocycles. The zero-order valence-electron chi connectivity index (χ0n) is 14.0. The minimum atomic E-state index is 0.669. The molecule has 124 valence electrons. The third-order valence-electron chi connectivity index (χ3n) is 4.79. The molecule has 1 aliphatic carbocycles. The number of rotatable bonds is 5. The van der Waals surface area contributed by atoms with Gasteiger partial charge in [0.05, 0.1) is 6.67 Å². The van der Waals surface area contributed by atoms with Crippen molar-refractivity contribution < 1.29 is 0 Å². The molecule has 5 nitrogen and oxygen atoms in total. The first kappa shape index (κ1) is 16.3. The highest BCUT2D eigenvalue weighted by Gasteiger charge is 2.21. The molecule has 2 aromatic heterocycles. The molecule has 1 saturated carbocycles. The number of nitrogens with zero attached hydrogens (tertiary/aromatic N) is 5. The molecule has 0 unspecified atom stereocenters. The number of hydrogen-bond donors (Lipinski definition) is 0. The maximum absolute atomic E-state index is 5.60. The van der Waals surface area contributed by atoms with E-state index in [2.05, 4.69) is 16.8 Å². The van der Waals surface area contributed by atoms with Gasteiger partial charge in [-0.15, -0.1) is 0 Å². The second-order valence-electron chi connectivity index (χ2n) is 6.24. The average Bonchev–Trinajstić information content (AvgIpc) is 2.89. The maximum Gasteiger partial charge on any atom is 0.199 e. The zero-order valence-corrected chi connectivity index (χ0v) is 14.8. The SMILES string of the molecule is CCN(Cn1nc(-c2ccncc2)n(C)c1=S)C1CCCCC1. The molecule has 0 radical (unpaired) electrons. The number of pyridine rings is 1. The first-order valence-electron chi connectivity index (χ1n) is 8.49. The van der Waals surface area contributed by atoms with Gasteiger partial charge in [0.25, 0.3) is 0 Å². The molecule has 6 heteroatoms. The van der Waals surface area contributed by atoms with Crippen LogP contribution in [0, 0.1) is 4.77 Å². The summed E-state index contributed by atoms with van der Waals surface area (Å²) < 4.78 is 4.72. The van der Waals surface area contributed by atoms with Crippen LogP contribution in [0.25, 0.3) is 11.4 Å². The molecule has 1 fully saturated rings. The lowest BCUT2D eigenvalue weighted by atomic mass is 9.94. The third kappa shape index (κ3) is 3.53. The van der Waals surface area contributed by atoms with Crippen LogP contribution < -0.4 is 0 Å². The highest BCUT2D eigenvalue weighted by molar-refractivity contribution is 7.71. The van der Waals surface area contributed by atoms with E-state index >= 15 is 0 Å². The second-order valence-corrected chi connectivity index (χ2v) is 6.60. The van der Waals surface area contributed by atoms with Crippen LogP contribution in [0.4, 0.5) is 0 Å². The Morgan fingerprint density at radius 1 is 1.22 bits per heavy atom. The van der Waals surface area contributed by atoms with E-state index in [1.54, 1.807) is 12.4 Å². The van der Waals surface area contributed by atoms with Gasteiger partial charge in [0.2, 0.25) is 0 Å². The van der Waals surface area contributed by atoms with Crippen molar-refractivity contribution in [1.29, 1.82) is 0 Å². The van der Waals surface area contributed by atoms with Gasteiger partial charge in [-0.05, 0) is 43.7 Å². The van der Waals surface area contributed by atoms with E-state index in [0.29, 0.717) is 6.04 Å². The molecule has 0 bridgehead atoms. The van der Waals surface area contributed by atoms with Crippen molar-refractivity contribution in [2.24, 2.45) is 7.05 Å². The van der Waals surface area contributed by atoms with Gasteiger partial charge in [-0.25, -0.2) is 4.68 Å². The fraction of sp³-hybridized carbons (Fsp3) is 0.588. The minimum absolute atomic E-state index is 0.669. The summed E-state index contributed by atoms with van der Waals surface area (Å²) in [6, 6.07) is 4.61. The summed E-state index contributed by atoms with van der Waals surface area (Å²) in [6.45, 7) is 4.04. The van der Waals surface area contributed by atoms with Crippen molar-refractivity contribution in [3.05, 3.63) is 29.3 Å². The topological polar surface area (TPSA) is 38.9 Å². The fourth-order valence-corrected chi connectivity index (χ4v) is 3.61. The Kier molecular flexibility index (Phi) is 5.23. The molecule has 0 amide bonds. The van der Waals surface area contributed by atoms with E-state index in [0.717, 1.165) is 29.4 Å². The molecular formula is C17H25N5S. The molecule has 0 N–H and O–H groups in total. The summed E-state index contributed by atoms with van der Waals surface area (Å²) in [7, 11) is 1.98. The standard InChI is InChI=1S/C17H25N5S/c1-3-21(15-7-5-4-6-8-15)13-22-17(23)20(2)16(19-22)14-9-11-18-12-10-14/h9-12,15H,3-8,13H2,1-2H3. The first-order valence-corrected chi connectivity index (χ1v) is 8.89. The van der Waals surface area contributed by atoms with Crippen LogP contribution in [0.2, 0.25) is 0 Å². The normalized spacial score (nSPS) is 16.1. The van der Waals surface area contributed by atoms with E-state index in [9.17, 15) is 0 Å². The van der Waals surface area contributed by atoms with Crippen LogP contribution in [0.3, 0.4) is 0 Å². The van der Waals surface area contributed by atoms with E-state index in [-0.39, 0.29) is 0 Å². The predicted octanol–water partition coefficient (Wildman–Crippen LogP) is 3.63. The van der Waals surface area contributed by atoms with Gasteiger partial charge in [0.15, 0.2) is 10.6 Å². The van der Waals surface area contributed by atoms with E-state index in [1.165, 1.54) is 32.1 Å². The summed E-state index contributed by atoms with van der Waals surface area (Å²) >= 11 is 5.60. The molecule has 0 aromatic carbocycles. The average molecular weight is 331 g/mol. The lowest BCUT2D eigenvalue weighted by Gasteiger charge is -2.33. The van der Waals surface area contributed by atoms with Crippen molar-refractivity contribution in [3.8, 4) is 11.4 Å². The molecular weight excluding hydrogens is 306 g/mol. The van der Waals surface area contributed by atoms with Crippen LogP contribution in [-0.4, -0.2) is 36.8 Å². The van der Waals surface area contributed by atoms with Gasteiger partial charge in [0, 0.05) is 31.0 Å². The van der Waals surface area contributed by atoms with Crippen LogP contribution in [0.15, 0.2) is 24.5 Å². The quantitative estimate of drug-likeness (QED) is 0.784. The first-order chi connectivity index (χ1) is 11.2. The number of hydrogen-bond acceptors (Lipinski definition) is 4. The van der Waals surface area contributed by atoms with Crippen molar-refractivity contribution in [2.45, 2.75) is 51.7 Å². The summed E-state index contributed by atoms with van der Waals surface area (Å²) in [5, 5.41) is 4.77. The molecule has 0 spiro atoms. The van der Waals surface area contributed by atoms with Gasteiger partial charge in [-0.1, -0.05) is 26.2 Å². The van der Waals surface area contributed by atoms with E-state index in [4.69, 9.17) is 17.3 Å². The third-order valence-corrected chi connectivity index (χ3v) is 5.28. The van der Waals surface area contributed by atoms with Crippen molar-refractivity contribution in [3.63, 3.8) is 0 Å². The summed E-state index contributed by atoms with van der Waals surface area (Å²) in [5.41, 5.74) is 1.05. The van der Waals surface area contributed by atoms with Crippen LogP contribution in [0.5, 0.6) is 0 Å². The molecule has 0 atom stereocenters. The highest BCUT2D eigenvalue weighted by Crippen LogP contribution is 2.23. The largest absolute Gasteiger partial charge is 0.303 e. The molecule has 1 aliphatic rings. The van der Waals surface area contributed by atoms with Crippen molar-refractivity contribution >= 4 is 12.2 Å². The Morgan fingerprint density at radius 2 is 1.91 bits per heavy atom.